The van der Waals surface area contributed by atoms with E-state index in [1.165, 1.54) is 18.2 Å². The first-order valence-corrected chi connectivity index (χ1v) is 8.91. The predicted molar refractivity (Wildman–Crippen MR) is 105 cm³/mol. The summed E-state index contributed by atoms with van der Waals surface area (Å²) in [4.78, 5) is 16.7. The van der Waals surface area contributed by atoms with Crippen LogP contribution in [0.25, 0.3) is 11.1 Å². The van der Waals surface area contributed by atoms with E-state index in [-0.39, 0.29) is 11.7 Å². The van der Waals surface area contributed by atoms with Gasteiger partial charge in [-0.25, -0.2) is 0 Å². The summed E-state index contributed by atoms with van der Waals surface area (Å²) in [6.07, 6.45) is -3.04. The number of aryl methyl sites for hydroxylation is 1. The van der Waals surface area contributed by atoms with Crippen LogP contribution >= 0.6 is 0 Å². The highest BCUT2D eigenvalue weighted by Crippen LogP contribution is 2.27. The number of hydrogen-bond donors (Lipinski definition) is 1. The molecule has 0 saturated carbocycles. The lowest BCUT2D eigenvalue weighted by molar-refractivity contribution is -0.274. The van der Waals surface area contributed by atoms with Crippen LogP contribution in [0.4, 0.5) is 18.9 Å². The summed E-state index contributed by atoms with van der Waals surface area (Å²) in [5.41, 5.74) is 3.93. The van der Waals surface area contributed by atoms with E-state index in [1.807, 2.05) is 31.2 Å². The number of ether oxygens (including phenoxy) is 1. The average Bonchev–Trinajstić information content (AvgIpc) is 2.67. The van der Waals surface area contributed by atoms with Crippen LogP contribution in [0, 0.1) is 6.92 Å². The smallest absolute Gasteiger partial charge is 0.406 e. The van der Waals surface area contributed by atoms with Crippen molar-refractivity contribution in [2.75, 3.05) is 5.32 Å². The minimum absolute atomic E-state index is 0.332. The zero-order chi connectivity index (χ0) is 21.0. The third-order valence-corrected chi connectivity index (χ3v) is 4.37. The molecule has 0 aliphatic carbocycles. The van der Waals surface area contributed by atoms with Crippen LogP contribution in [0.2, 0.25) is 0 Å². The molecule has 0 radical (unpaired) electrons. The summed E-state index contributed by atoms with van der Waals surface area (Å²) >= 11 is 0. The van der Waals surface area contributed by atoms with Crippen LogP contribution in [0.5, 0.6) is 5.75 Å². The lowest BCUT2D eigenvalue weighted by Crippen LogP contribution is -2.20. The van der Waals surface area contributed by atoms with E-state index in [0.29, 0.717) is 11.3 Å². The fourth-order valence-electron chi connectivity index (χ4n) is 2.85. The number of alkyl halides is 3. The molecule has 29 heavy (non-hydrogen) atoms. The highest BCUT2D eigenvalue weighted by molar-refractivity contribution is 5.95. The number of nitrogens with one attached hydrogen (secondary N) is 1. The van der Waals surface area contributed by atoms with Crippen molar-refractivity contribution in [1.82, 2.24) is 4.98 Å². The van der Waals surface area contributed by atoms with Gasteiger partial charge in [0.15, 0.2) is 0 Å². The number of carbonyl (C=O) groups is 1. The third kappa shape index (κ3) is 5.57. The number of benzene rings is 2. The molecule has 0 saturated heterocycles. The third-order valence-electron chi connectivity index (χ3n) is 4.37. The first-order valence-electron chi connectivity index (χ1n) is 8.91. The van der Waals surface area contributed by atoms with Gasteiger partial charge >= 0.3 is 6.36 Å². The first-order chi connectivity index (χ1) is 13.7. The molecule has 1 atom stereocenters. The molecule has 3 aromatic rings. The molecule has 0 aliphatic heterocycles. The van der Waals surface area contributed by atoms with Gasteiger partial charge in [-0.1, -0.05) is 24.3 Å². The topological polar surface area (TPSA) is 51.2 Å². The second-order valence-electron chi connectivity index (χ2n) is 6.59. The Labute approximate surface area is 166 Å². The van der Waals surface area contributed by atoms with Gasteiger partial charge in [0.05, 0.1) is 5.92 Å². The van der Waals surface area contributed by atoms with Gasteiger partial charge in [0.1, 0.15) is 5.75 Å². The Balaban J connectivity index is 1.69. The highest BCUT2D eigenvalue weighted by Gasteiger charge is 2.31. The number of aromatic nitrogens is 1. The van der Waals surface area contributed by atoms with Crippen LogP contribution in [-0.2, 0) is 4.79 Å². The normalized spacial score (nSPS) is 12.3. The maximum absolute atomic E-state index is 12.5. The van der Waals surface area contributed by atoms with Gasteiger partial charge in [-0.3, -0.25) is 9.78 Å². The van der Waals surface area contributed by atoms with Crippen molar-refractivity contribution in [3.8, 4) is 16.9 Å². The number of nitrogens with zero attached hydrogens (tertiary/aromatic N) is 1. The van der Waals surface area contributed by atoms with Crippen LogP contribution in [0.3, 0.4) is 0 Å². The zero-order valence-corrected chi connectivity index (χ0v) is 15.8. The Morgan fingerprint density at radius 1 is 1.03 bits per heavy atom. The van der Waals surface area contributed by atoms with Crippen molar-refractivity contribution in [3.05, 3.63) is 78.1 Å². The van der Waals surface area contributed by atoms with Gasteiger partial charge in [0, 0.05) is 17.6 Å². The Kier molecular flexibility index (Phi) is 5.87. The Morgan fingerprint density at radius 2 is 1.76 bits per heavy atom. The molecule has 0 bridgehead atoms. The molecule has 1 unspecified atom stereocenters. The summed E-state index contributed by atoms with van der Waals surface area (Å²) in [5, 5.41) is 2.78. The SMILES string of the molecule is Cc1cc(-c2ccc(NC(=O)C(C)c3cccc(OC(F)(F)F)c3)cc2)ccn1. The second kappa shape index (κ2) is 8.34. The van der Waals surface area contributed by atoms with Gasteiger partial charge in [0.2, 0.25) is 5.91 Å². The number of carbonyl (C=O) groups excluding carboxylic acids is 1. The molecule has 1 heterocycles. The minimum Gasteiger partial charge on any atom is -0.406 e. The molecule has 1 aromatic heterocycles. The van der Waals surface area contributed by atoms with Crippen LogP contribution in [-0.4, -0.2) is 17.3 Å². The second-order valence-corrected chi connectivity index (χ2v) is 6.59. The van der Waals surface area contributed by atoms with E-state index in [1.54, 1.807) is 31.3 Å². The van der Waals surface area contributed by atoms with Crippen molar-refractivity contribution in [1.29, 1.82) is 0 Å². The highest BCUT2D eigenvalue weighted by atomic mass is 19.4. The van der Waals surface area contributed by atoms with E-state index >= 15 is 0 Å². The quantitative estimate of drug-likeness (QED) is 0.598. The molecule has 0 spiro atoms. The van der Waals surface area contributed by atoms with Gasteiger partial charge in [-0.2, -0.15) is 0 Å². The van der Waals surface area contributed by atoms with Gasteiger partial charge in [-0.15, -0.1) is 13.2 Å². The van der Waals surface area contributed by atoms with E-state index < -0.39 is 12.3 Å². The molecule has 0 fully saturated rings. The minimum atomic E-state index is -4.78. The molecular formula is C22H19F3N2O2. The van der Waals surface area contributed by atoms with Crippen LogP contribution < -0.4 is 10.1 Å². The number of hydrogen-bond acceptors (Lipinski definition) is 3. The largest absolute Gasteiger partial charge is 0.573 e. The van der Waals surface area contributed by atoms with Crippen molar-refractivity contribution in [2.45, 2.75) is 26.1 Å². The van der Waals surface area contributed by atoms with Crippen LogP contribution in [0.1, 0.15) is 24.1 Å². The summed E-state index contributed by atoms with van der Waals surface area (Å²) in [6, 6.07) is 16.6. The zero-order valence-electron chi connectivity index (χ0n) is 15.8. The Morgan fingerprint density at radius 3 is 2.41 bits per heavy atom. The van der Waals surface area contributed by atoms with Crippen molar-refractivity contribution in [2.24, 2.45) is 0 Å². The maximum atomic E-state index is 12.5. The summed E-state index contributed by atoms with van der Waals surface area (Å²) < 4.78 is 41.1. The van der Waals surface area contributed by atoms with Crippen molar-refractivity contribution < 1.29 is 22.7 Å². The first kappa shape index (κ1) is 20.4. The number of pyridine rings is 1. The molecule has 150 valence electrons. The van der Waals surface area contributed by atoms with E-state index in [4.69, 9.17) is 0 Å². The van der Waals surface area contributed by atoms with Gasteiger partial charge in [0.25, 0.3) is 0 Å². The average molecular weight is 400 g/mol. The Hall–Kier alpha value is -3.35. The predicted octanol–water partition coefficient (Wildman–Crippen LogP) is 5.70. The molecule has 4 nitrogen and oxygen atoms in total. The van der Waals surface area contributed by atoms with Crippen molar-refractivity contribution >= 4 is 11.6 Å². The lowest BCUT2D eigenvalue weighted by atomic mass is 10.00. The number of rotatable bonds is 5. The summed E-state index contributed by atoms with van der Waals surface area (Å²) in [6.45, 7) is 3.53. The van der Waals surface area contributed by atoms with Crippen molar-refractivity contribution in [3.63, 3.8) is 0 Å². The molecule has 1 amide bonds. The summed E-state index contributed by atoms with van der Waals surface area (Å²) in [5.74, 6) is -1.34. The lowest BCUT2D eigenvalue weighted by Gasteiger charge is -2.15. The fourth-order valence-corrected chi connectivity index (χ4v) is 2.85. The molecule has 1 N–H and O–H groups in total. The summed E-state index contributed by atoms with van der Waals surface area (Å²) in [7, 11) is 0. The number of amides is 1. The molecule has 7 heteroatoms. The Bertz CT molecular complexity index is 1000. The van der Waals surface area contributed by atoms with E-state index in [2.05, 4.69) is 15.0 Å². The van der Waals surface area contributed by atoms with Crippen LogP contribution in [0.15, 0.2) is 66.9 Å². The van der Waals surface area contributed by atoms with E-state index in [0.717, 1.165) is 16.8 Å². The molecule has 3 rings (SSSR count). The standard InChI is InChI=1S/C22H19F3N2O2/c1-14-12-18(10-11-26-14)16-6-8-19(9-7-16)27-21(28)15(2)17-4-3-5-20(13-17)29-22(23,24)25/h3-13,15H,1-2H3,(H,27,28). The molecule has 2 aromatic carbocycles. The van der Waals surface area contributed by atoms with E-state index in [9.17, 15) is 18.0 Å². The van der Waals surface area contributed by atoms with Gasteiger partial charge in [-0.05, 0) is 66.9 Å². The monoisotopic (exact) mass is 400 g/mol. The molecule has 0 aliphatic rings. The fraction of sp³-hybridized carbons (Fsp3) is 0.182. The number of halogens is 3. The molecular weight excluding hydrogens is 381 g/mol. The maximum Gasteiger partial charge on any atom is 0.573 e. The van der Waals surface area contributed by atoms with Gasteiger partial charge < -0.3 is 10.1 Å². The number of anilines is 1.